The Balaban J connectivity index is 2.02. The lowest BCUT2D eigenvalue weighted by atomic mass is 9.87. The first-order chi connectivity index (χ1) is 9.01. The van der Waals surface area contributed by atoms with Gasteiger partial charge in [-0.3, -0.25) is 0 Å². The van der Waals surface area contributed by atoms with E-state index < -0.39 is 10.0 Å². The van der Waals surface area contributed by atoms with Gasteiger partial charge in [0.2, 0.25) is 10.0 Å². The van der Waals surface area contributed by atoms with E-state index in [1.165, 1.54) is 0 Å². The molecule has 0 radical (unpaired) electrons. The third-order valence-corrected chi connectivity index (χ3v) is 5.54. The van der Waals surface area contributed by atoms with E-state index in [0.717, 1.165) is 30.2 Å². The van der Waals surface area contributed by atoms with Gasteiger partial charge in [-0.05, 0) is 49.8 Å². The molecule has 2 N–H and O–H groups in total. The molecule has 0 atom stereocenters. The lowest BCUT2D eigenvalue weighted by Gasteiger charge is -2.27. The molecule has 0 bridgehead atoms. The minimum Gasteiger partial charge on any atom is -0.396 e. The van der Waals surface area contributed by atoms with Crippen LogP contribution in [0.15, 0.2) is 33.6 Å². The van der Waals surface area contributed by atoms with Gasteiger partial charge in [-0.15, -0.1) is 0 Å². The van der Waals surface area contributed by atoms with Gasteiger partial charge >= 0.3 is 0 Å². The quantitative estimate of drug-likeness (QED) is 0.877. The average Bonchev–Trinajstić information content (AvgIpc) is 2.39. The molecule has 1 aromatic carbocycles. The molecule has 1 fully saturated rings. The predicted octanol–water partition coefficient (Wildman–Crippen LogP) is 2.28. The first-order valence-corrected chi connectivity index (χ1v) is 8.67. The third-order valence-electron chi connectivity index (χ3n) is 3.53. The van der Waals surface area contributed by atoms with Crippen molar-refractivity contribution >= 4 is 26.0 Å². The van der Waals surface area contributed by atoms with Crippen molar-refractivity contribution in [3.8, 4) is 0 Å². The summed E-state index contributed by atoms with van der Waals surface area (Å²) < 4.78 is 27.9. The number of benzene rings is 1. The summed E-state index contributed by atoms with van der Waals surface area (Å²) in [5, 5.41) is 9.07. The van der Waals surface area contributed by atoms with E-state index in [0.29, 0.717) is 5.92 Å². The van der Waals surface area contributed by atoms with Gasteiger partial charge in [0, 0.05) is 17.1 Å². The maximum atomic E-state index is 12.2. The van der Waals surface area contributed by atoms with Gasteiger partial charge in [0.25, 0.3) is 0 Å². The number of nitrogens with one attached hydrogen (secondary N) is 1. The highest BCUT2D eigenvalue weighted by molar-refractivity contribution is 9.10. The van der Waals surface area contributed by atoms with Crippen LogP contribution in [0, 0.1) is 5.92 Å². The molecule has 1 saturated carbocycles. The summed E-state index contributed by atoms with van der Waals surface area (Å²) in [4.78, 5) is 0.283. The van der Waals surface area contributed by atoms with E-state index in [9.17, 15) is 8.42 Å². The molecule has 0 spiro atoms. The largest absolute Gasteiger partial charge is 0.396 e. The maximum Gasteiger partial charge on any atom is 0.240 e. The highest BCUT2D eigenvalue weighted by Crippen LogP contribution is 2.25. The number of aliphatic hydroxyl groups is 1. The average molecular weight is 348 g/mol. The van der Waals surface area contributed by atoms with Crippen LogP contribution < -0.4 is 4.72 Å². The molecule has 0 aliphatic heterocycles. The number of hydrogen-bond donors (Lipinski definition) is 2. The predicted molar refractivity (Wildman–Crippen MR) is 77.3 cm³/mol. The number of aliphatic hydroxyl groups excluding tert-OH is 1. The van der Waals surface area contributed by atoms with Crippen LogP contribution >= 0.6 is 15.9 Å². The van der Waals surface area contributed by atoms with Gasteiger partial charge < -0.3 is 5.11 Å². The Hall–Kier alpha value is -0.430. The number of rotatable bonds is 4. The van der Waals surface area contributed by atoms with E-state index in [1.807, 2.05) is 0 Å². The lowest BCUT2D eigenvalue weighted by molar-refractivity contribution is 0.180. The molecule has 2 rings (SSSR count). The van der Waals surface area contributed by atoms with E-state index >= 15 is 0 Å². The van der Waals surface area contributed by atoms with Crippen molar-refractivity contribution in [2.45, 2.75) is 36.6 Å². The Morgan fingerprint density at radius 3 is 2.53 bits per heavy atom. The Kier molecular flexibility index (Phi) is 5.00. The van der Waals surface area contributed by atoms with E-state index in [2.05, 4.69) is 20.7 Å². The Bertz CT molecular complexity index is 524. The van der Waals surface area contributed by atoms with Crippen LogP contribution in [0.3, 0.4) is 0 Å². The highest BCUT2D eigenvalue weighted by atomic mass is 79.9. The fraction of sp³-hybridized carbons (Fsp3) is 0.538. The van der Waals surface area contributed by atoms with Gasteiger partial charge in [-0.25, -0.2) is 13.1 Å². The van der Waals surface area contributed by atoms with Crippen molar-refractivity contribution in [1.29, 1.82) is 0 Å². The zero-order valence-corrected chi connectivity index (χ0v) is 13.0. The normalized spacial score (nSPS) is 24.3. The van der Waals surface area contributed by atoms with Crippen molar-refractivity contribution in [3.05, 3.63) is 28.7 Å². The topological polar surface area (TPSA) is 66.4 Å². The monoisotopic (exact) mass is 347 g/mol. The third kappa shape index (κ3) is 4.02. The van der Waals surface area contributed by atoms with Crippen molar-refractivity contribution in [2.75, 3.05) is 6.61 Å². The van der Waals surface area contributed by atoms with E-state index in [-0.39, 0.29) is 17.5 Å². The molecule has 4 nitrogen and oxygen atoms in total. The molecule has 1 aliphatic carbocycles. The molecule has 0 heterocycles. The minimum absolute atomic E-state index is 0.0215. The van der Waals surface area contributed by atoms with Crippen LogP contribution in [0.4, 0.5) is 0 Å². The number of sulfonamides is 1. The van der Waals surface area contributed by atoms with E-state index in [1.54, 1.807) is 24.3 Å². The van der Waals surface area contributed by atoms with Crippen LogP contribution in [-0.2, 0) is 10.0 Å². The molecular formula is C13H18BrNO3S. The molecule has 106 valence electrons. The molecule has 0 unspecified atom stereocenters. The first-order valence-electron chi connectivity index (χ1n) is 6.40. The fourth-order valence-corrected chi connectivity index (χ4v) is 4.29. The minimum atomic E-state index is -3.45. The Morgan fingerprint density at radius 2 is 1.95 bits per heavy atom. The van der Waals surface area contributed by atoms with Gasteiger partial charge in [0.15, 0.2) is 0 Å². The van der Waals surface area contributed by atoms with Crippen molar-refractivity contribution in [1.82, 2.24) is 4.72 Å². The number of hydrogen-bond acceptors (Lipinski definition) is 3. The summed E-state index contributed by atoms with van der Waals surface area (Å²) in [5.41, 5.74) is 0. The highest BCUT2D eigenvalue weighted by Gasteiger charge is 2.25. The molecule has 0 aromatic heterocycles. The smallest absolute Gasteiger partial charge is 0.240 e. The van der Waals surface area contributed by atoms with Crippen LogP contribution in [0.1, 0.15) is 25.7 Å². The molecule has 1 aromatic rings. The summed E-state index contributed by atoms with van der Waals surface area (Å²) in [6.45, 7) is 0.200. The second-order valence-corrected chi connectivity index (χ2v) is 7.61. The van der Waals surface area contributed by atoms with E-state index in [4.69, 9.17) is 5.11 Å². The van der Waals surface area contributed by atoms with Crippen molar-refractivity contribution in [2.24, 2.45) is 5.92 Å². The molecule has 0 amide bonds. The second kappa shape index (κ2) is 6.35. The van der Waals surface area contributed by atoms with Gasteiger partial charge in [0.1, 0.15) is 0 Å². The molecule has 0 saturated heterocycles. The molecule has 6 heteroatoms. The SMILES string of the molecule is O=S(=O)(NC1CCC(CO)CC1)c1cccc(Br)c1. The second-order valence-electron chi connectivity index (χ2n) is 4.98. The van der Waals surface area contributed by atoms with Crippen molar-refractivity contribution < 1.29 is 13.5 Å². The summed E-state index contributed by atoms with van der Waals surface area (Å²) in [6.07, 6.45) is 3.33. The maximum absolute atomic E-state index is 12.2. The number of halogens is 1. The fourth-order valence-electron chi connectivity index (χ4n) is 2.38. The standard InChI is InChI=1S/C13H18BrNO3S/c14-11-2-1-3-13(8-11)19(17,18)15-12-6-4-10(9-16)5-7-12/h1-3,8,10,12,15-16H,4-7,9H2. The van der Waals surface area contributed by atoms with Crippen LogP contribution in [0.5, 0.6) is 0 Å². The zero-order chi connectivity index (χ0) is 13.9. The van der Waals surface area contributed by atoms with Crippen LogP contribution in [0.25, 0.3) is 0 Å². The first kappa shape index (κ1) is 15.0. The van der Waals surface area contributed by atoms with Gasteiger partial charge in [-0.1, -0.05) is 22.0 Å². The molecular weight excluding hydrogens is 330 g/mol. The van der Waals surface area contributed by atoms with Crippen LogP contribution in [-0.4, -0.2) is 26.2 Å². The summed E-state index contributed by atoms with van der Waals surface area (Å²) in [6, 6.07) is 6.67. The summed E-state index contributed by atoms with van der Waals surface area (Å²) in [5.74, 6) is 0.326. The Labute approximate surface area is 122 Å². The summed E-state index contributed by atoms with van der Waals surface area (Å²) >= 11 is 3.28. The van der Waals surface area contributed by atoms with Crippen LogP contribution in [0.2, 0.25) is 0 Å². The lowest BCUT2D eigenvalue weighted by Crippen LogP contribution is -2.38. The molecule has 19 heavy (non-hydrogen) atoms. The molecule has 1 aliphatic rings. The zero-order valence-electron chi connectivity index (χ0n) is 10.5. The summed E-state index contributed by atoms with van der Waals surface area (Å²) in [7, 11) is -3.45. The van der Waals surface area contributed by atoms with Gasteiger partial charge in [0.05, 0.1) is 4.90 Å². The Morgan fingerprint density at radius 1 is 1.26 bits per heavy atom. The van der Waals surface area contributed by atoms with Gasteiger partial charge in [-0.2, -0.15) is 0 Å². The van der Waals surface area contributed by atoms with Crippen molar-refractivity contribution in [3.63, 3.8) is 0 Å².